The summed E-state index contributed by atoms with van der Waals surface area (Å²) >= 11 is 0. The van der Waals surface area contributed by atoms with E-state index in [0.717, 1.165) is 43.6 Å². The maximum atomic E-state index is 9.93. The molecule has 1 saturated heterocycles. The van der Waals surface area contributed by atoms with E-state index in [1.54, 1.807) is 0 Å². The molecule has 3 atom stereocenters. The van der Waals surface area contributed by atoms with Gasteiger partial charge in [-0.05, 0) is 60.8 Å². The fourth-order valence-electron chi connectivity index (χ4n) is 4.43. The first-order valence-electron chi connectivity index (χ1n) is 9.93. The average Bonchev–Trinajstić information content (AvgIpc) is 3.12. The lowest BCUT2D eigenvalue weighted by Crippen LogP contribution is -2.41. The zero-order valence-electron chi connectivity index (χ0n) is 15.9. The number of aromatic nitrogens is 1. The maximum absolute atomic E-state index is 9.93. The Labute approximate surface area is 161 Å². The van der Waals surface area contributed by atoms with Gasteiger partial charge >= 0.3 is 0 Å². The Morgan fingerprint density at radius 3 is 2.89 bits per heavy atom. The van der Waals surface area contributed by atoms with E-state index in [1.807, 2.05) is 12.4 Å². The van der Waals surface area contributed by atoms with E-state index in [2.05, 4.69) is 64.3 Å². The summed E-state index contributed by atoms with van der Waals surface area (Å²) in [5.41, 5.74) is 4.82. The first kappa shape index (κ1) is 18.0. The molecule has 27 heavy (non-hydrogen) atoms. The fourth-order valence-corrected chi connectivity index (χ4v) is 4.43. The van der Waals surface area contributed by atoms with Crippen LogP contribution >= 0.6 is 0 Å². The molecule has 2 aliphatic heterocycles. The Balaban J connectivity index is 1.67. The van der Waals surface area contributed by atoms with Gasteiger partial charge in [0.1, 0.15) is 0 Å². The molecule has 0 saturated carbocycles. The van der Waals surface area contributed by atoms with Crippen molar-refractivity contribution < 1.29 is 5.11 Å². The third-order valence-corrected chi connectivity index (χ3v) is 5.72. The average molecular weight is 361 g/mol. The Kier molecular flexibility index (Phi) is 5.42. The van der Waals surface area contributed by atoms with Crippen molar-refractivity contribution in [3.05, 3.63) is 59.4 Å². The summed E-state index contributed by atoms with van der Waals surface area (Å²) in [4.78, 5) is 6.68. The van der Waals surface area contributed by atoms with Gasteiger partial charge in [0.15, 0.2) is 0 Å². The van der Waals surface area contributed by atoms with Crippen LogP contribution < -0.4 is 5.32 Å². The number of aliphatic hydroxyl groups is 1. The van der Waals surface area contributed by atoms with Crippen LogP contribution in [0, 0.1) is 17.8 Å². The fraction of sp³-hybridized carbons (Fsp3) is 0.435. The van der Waals surface area contributed by atoms with Crippen LogP contribution in [0.15, 0.2) is 42.7 Å². The number of anilines is 1. The predicted octanol–water partition coefficient (Wildman–Crippen LogP) is 3.58. The van der Waals surface area contributed by atoms with Gasteiger partial charge in [0, 0.05) is 48.6 Å². The largest absolute Gasteiger partial charge is 0.394 e. The number of aliphatic hydroxyl groups excluding tert-OH is 1. The van der Waals surface area contributed by atoms with Crippen LogP contribution in [0.5, 0.6) is 0 Å². The lowest BCUT2D eigenvalue weighted by Gasteiger charge is -2.39. The summed E-state index contributed by atoms with van der Waals surface area (Å²) in [5, 5.41) is 13.5. The first-order chi connectivity index (χ1) is 13.3. The van der Waals surface area contributed by atoms with Crippen molar-refractivity contribution in [3.8, 4) is 11.8 Å². The molecule has 4 heteroatoms. The lowest BCUT2D eigenvalue weighted by molar-refractivity contribution is 0.172. The molecule has 0 unspecified atom stereocenters. The second kappa shape index (κ2) is 8.12. The zero-order chi connectivity index (χ0) is 18.6. The topological polar surface area (TPSA) is 48.4 Å². The second-order valence-electron chi connectivity index (χ2n) is 7.51. The summed E-state index contributed by atoms with van der Waals surface area (Å²) in [6.07, 6.45) is 6.83. The molecule has 2 aliphatic rings. The van der Waals surface area contributed by atoms with Crippen LogP contribution in [0.4, 0.5) is 5.69 Å². The molecule has 3 heterocycles. The van der Waals surface area contributed by atoms with Crippen LogP contribution in [0.1, 0.15) is 48.9 Å². The van der Waals surface area contributed by atoms with Crippen LogP contribution in [0.25, 0.3) is 0 Å². The number of nitrogens with zero attached hydrogens (tertiary/aromatic N) is 2. The molecular formula is C23H27N3O. The quantitative estimate of drug-likeness (QED) is 0.817. The number of hydrogen-bond donors (Lipinski definition) is 2. The van der Waals surface area contributed by atoms with Gasteiger partial charge in [0.2, 0.25) is 0 Å². The van der Waals surface area contributed by atoms with Crippen molar-refractivity contribution >= 4 is 5.69 Å². The predicted molar refractivity (Wildman–Crippen MR) is 108 cm³/mol. The molecule has 1 fully saturated rings. The van der Waals surface area contributed by atoms with Gasteiger partial charge < -0.3 is 10.4 Å². The number of nitrogens with one attached hydrogen (secondary N) is 1. The molecule has 0 bridgehead atoms. The molecule has 2 aromatic rings. The normalized spacial score (nSPS) is 23.7. The molecule has 0 spiro atoms. The summed E-state index contributed by atoms with van der Waals surface area (Å²) in [5.74, 6) is 6.99. The lowest BCUT2D eigenvalue weighted by atomic mass is 9.82. The van der Waals surface area contributed by atoms with E-state index in [9.17, 15) is 5.11 Å². The zero-order valence-corrected chi connectivity index (χ0v) is 15.9. The standard InChI is InChI=1S/C23H27N3O/c1-2-3-4-5-17-6-7-21-20(14-17)23-19(22(16-27)25-21)10-13-26(23)15-18-8-11-24-12-9-18/h6-9,11-12,14,19,22-23,25,27H,2-3,10,13,15-16H2,1H3/t19-,22+,23-/m0/s1. The third kappa shape index (κ3) is 3.71. The summed E-state index contributed by atoms with van der Waals surface area (Å²) in [7, 11) is 0. The van der Waals surface area contributed by atoms with Crippen LogP contribution in [-0.4, -0.2) is 34.2 Å². The van der Waals surface area contributed by atoms with Crippen LogP contribution in [-0.2, 0) is 6.54 Å². The van der Waals surface area contributed by atoms with Crippen molar-refractivity contribution in [1.82, 2.24) is 9.88 Å². The molecule has 1 aromatic heterocycles. The number of pyridine rings is 1. The van der Waals surface area contributed by atoms with Crippen molar-refractivity contribution in [2.45, 2.75) is 44.8 Å². The monoisotopic (exact) mass is 361 g/mol. The SMILES string of the molecule is CCCC#Cc1ccc2c(c1)[C@@H]1[C@@H](CCN1Cc1ccncc1)[C@@H](CO)N2. The highest BCUT2D eigenvalue weighted by molar-refractivity contribution is 5.60. The van der Waals surface area contributed by atoms with Crippen molar-refractivity contribution in [1.29, 1.82) is 0 Å². The third-order valence-electron chi connectivity index (χ3n) is 5.72. The van der Waals surface area contributed by atoms with Crippen LogP contribution in [0.3, 0.4) is 0 Å². The van der Waals surface area contributed by atoms with Crippen molar-refractivity contribution in [2.75, 3.05) is 18.5 Å². The molecule has 4 rings (SSSR count). The summed E-state index contributed by atoms with van der Waals surface area (Å²) < 4.78 is 0. The van der Waals surface area contributed by atoms with Gasteiger partial charge in [-0.25, -0.2) is 0 Å². The Bertz CT molecular complexity index is 840. The molecular weight excluding hydrogens is 334 g/mol. The Hall–Kier alpha value is -2.35. The molecule has 1 aromatic carbocycles. The number of rotatable bonds is 4. The number of fused-ring (bicyclic) bond motifs is 3. The molecule has 140 valence electrons. The van der Waals surface area contributed by atoms with Gasteiger partial charge in [0.25, 0.3) is 0 Å². The first-order valence-corrected chi connectivity index (χ1v) is 9.93. The van der Waals surface area contributed by atoms with Gasteiger partial charge in [-0.3, -0.25) is 9.88 Å². The second-order valence-corrected chi connectivity index (χ2v) is 7.51. The number of likely N-dealkylation sites (tertiary alicyclic amines) is 1. The van der Waals surface area contributed by atoms with Gasteiger partial charge in [0.05, 0.1) is 12.6 Å². The van der Waals surface area contributed by atoms with E-state index < -0.39 is 0 Å². The van der Waals surface area contributed by atoms with Gasteiger partial charge in [-0.15, -0.1) is 0 Å². The summed E-state index contributed by atoms with van der Waals surface area (Å²) in [6.45, 7) is 4.27. The van der Waals surface area contributed by atoms with E-state index in [1.165, 1.54) is 11.1 Å². The van der Waals surface area contributed by atoms with Gasteiger partial charge in [-0.1, -0.05) is 18.8 Å². The number of hydrogen-bond acceptors (Lipinski definition) is 4. The van der Waals surface area contributed by atoms with Gasteiger partial charge in [-0.2, -0.15) is 0 Å². The minimum Gasteiger partial charge on any atom is -0.394 e. The molecule has 0 amide bonds. The van der Waals surface area contributed by atoms with E-state index in [-0.39, 0.29) is 12.6 Å². The molecule has 0 aliphatic carbocycles. The van der Waals surface area contributed by atoms with Crippen molar-refractivity contribution in [2.24, 2.45) is 5.92 Å². The highest BCUT2D eigenvalue weighted by Crippen LogP contribution is 2.47. The smallest absolute Gasteiger partial charge is 0.0636 e. The van der Waals surface area contributed by atoms with E-state index in [0.29, 0.717) is 12.0 Å². The molecule has 0 radical (unpaired) electrons. The minimum atomic E-state index is 0.113. The summed E-state index contributed by atoms with van der Waals surface area (Å²) in [6, 6.07) is 11.1. The highest BCUT2D eigenvalue weighted by atomic mass is 16.3. The minimum absolute atomic E-state index is 0.113. The van der Waals surface area contributed by atoms with E-state index >= 15 is 0 Å². The van der Waals surface area contributed by atoms with Crippen molar-refractivity contribution in [3.63, 3.8) is 0 Å². The maximum Gasteiger partial charge on any atom is 0.0636 e. The number of benzene rings is 1. The highest BCUT2D eigenvalue weighted by Gasteiger charge is 2.43. The van der Waals surface area contributed by atoms with E-state index in [4.69, 9.17) is 0 Å². The molecule has 2 N–H and O–H groups in total. The Morgan fingerprint density at radius 1 is 1.26 bits per heavy atom. The number of unbranched alkanes of at least 4 members (excludes halogenated alkanes) is 1. The Morgan fingerprint density at radius 2 is 2.11 bits per heavy atom. The molecule has 4 nitrogen and oxygen atoms in total. The van der Waals surface area contributed by atoms with Crippen LogP contribution in [0.2, 0.25) is 0 Å².